The van der Waals surface area contributed by atoms with E-state index in [1.54, 1.807) is 0 Å². The number of rotatable bonds is 11. The minimum atomic E-state index is -0.982. The van der Waals surface area contributed by atoms with Gasteiger partial charge in [-0.2, -0.15) is 0 Å². The Hall–Kier alpha value is -3.39. The Balaban J connectivity index is 1.49. The van der Waals surface area contributed by atoms with Gasteiger partial charge in [0, 0.05) is 32.0 Å². The van der Waals surface area contributed by atoms with Gasteiger partial charge in [0.2, 0.25) is 5.91 Å². The van der Waals surface area contributed by atoms with Crippen LogP contribution in [0.1, 0.15) is 43.7 Å². The molecule has 3 rings (SSSR count). The molecule has 1 unspecified atom stereocenters. The van der Waals surface area contributed by atoms with Crippen molar-refractivity contribution in [3.05, 3.63) is 59.7 Å². The molecule has 8 heteroatoms. The summed E-state index contributed by atoms with van der Waals surface area (Å²) >= 11 is 0. The topological polar surface area (TPSA) is 114 Å². The molecule has 34 heavy (non-hydrogen) atoms. The molecule has 0 fully saturated rings. The lowest BCUT2D eigenvalue weighted by molar-refractivity contribution is -0.138. The number of hydrogen-bond acceptors (Lipinski definition) is 5. The molecule has 0 aliphatic heterocycles. The van der Waals surface area contributed by atoms with E-state index in [4.69, 9.17) is 14.6 Å². The van der Waals surface area contributed by atoms with Crippen molar-refractivity contribution in [3.63, 3.8) is 0 Å². The van der Waals surface area contributed by atoms with E-state index in [0.717, 1.165) is 22.3 Å². The lowest BCUT2D eigenvalue weighted by Crippen LogP contribution is -2.46. The van der Waals surface area contributed by atoms with Gasteiger partial charge in [-0.1, -0.05) is 62.4 Å². The van der Waals surface area contributed by atoms with Gasteiger partial charge in [-0.05, 0) is 28.2 Å². The summed E-state index contributed by atoms with van der Waals surface area (Å²) in [6, 6.07) is 15.7. The predicted octanol–water partition coefficient (Wildman–Crippen LogP) is 3.55. The fraction of sp³-hybridized carbons (Fsp3) is 0.423. The number of nitrogens with one attached hydrogen (secondary N) is 2. The number of carboxylic acids is 1. The summed E-state index contributed by atoms with van der Waals surface area (Å²) in [5, 5.41) is 14.4. The number of carbonyl (C=O) groups excluding carboxylic acids is 2. The molecule has 0 aromatic heterocycles. The van der Waals surface area contributed by atoms with Gasteiger partial charge in [0.05, 0.1) is 6.42 Å². The SMILES string of the molecule is COC(CCNC(=O)OCC1c2ccccc2-c2ccccc21)C(=O)N[C@H](CC(=O)O)C(C)C. The zero-order valence-electron chi connectivity index (χ0n) is 19.7. The molecule has 2 atom stereocenters. The summed E-state index contributed by atoms with van der Waals surface area (Å²) in [4.78, 5) is 35.8. The number of methoxy groups -OCH3 is 1. The molecular formula is C26H32N2O6. The number of fused-ring (bicyclic) bond motifs is 3. The summed E-state index contributed by atoms with van der Waals surface area (Å²) in [7, 11) is 1.40. The largest absolute Gasteiger partial charge is 0.481 e. The molecular weight excluding hydrogens is 436 g/mol. The van der Waals surface area contributed by atoms with Crippen molar-refractivity contribution in [1.82, 2.24) is 10.6 Å². The third kappa shape index (κ3) is 6.14. The van der Waals surface area contributed by atoms with Crippen molar-refractivity contribution in [2.24, 2.45) is 5.92 Å². The van der Waals surface area contributed by atoms with E-state index >= 15 is 0 Å². The highest BCUT2D eigenvalue weighted by Crippen LogP contribution is 2.44. The number of amides is 2. The van der Waals surface area contributed by atoms with Crippen molar-refractivity contribution in [1.29, 1.82) is 0 Å². The van der Waals surface area contributed by atoms with Crippen LogP contribution < -0.4 is 10.6 Å². The highest BCUT2D eigenvalue weighted by molar-refractivity contribution is 5.82. The first-order valence-corrected chi connectivity index (χ1v) is 11.5. The highest BCUT2D eigenvalue weighted by Gasteiger charge is 2.29. The average Bonchev–Trinajstić information content (AvgIpc) is 3.13. The molecule has 2 aromatic carbocycles. The Labute approximate surface area is 199 Å². The second-order valence-corrected chi connectivity index (χ2v) is 8.72. The summed E-state index contributed by atoms with van der Waals surface area (Å²) in [5.41, 5.74) is 4.58. The van der Waals surface area contributed by atoms with Crippen molar-refractivity contribution in [2.75, 3.05) is 20.3 Å². The van der Waals surface area contributed by atoms with Crippen molar-refractivity contribution < 1.29 is 29.0 Å². The zero-order chi connectivity index (χ0) is 24.7. The third-order valence-corrected chi connectivity index (χ3v) is 6.12. The summed E-state index contributed by atoms with van der Waals surface area (Å²) in [6.45, 7) is 4.07. The average molecular weight is 469 g/mol. The first kappa shape index (κ1) is 25.2. The molecule has 0 spiro atoms. The van der Waals surface area contributed by atoms with Gasteiger partial charge in [-0.25, -0.2) is 4.79 Å². The molecule has 2 aromatic rings. The molecule has 0 saturated carbocycles. The third-order valence-electron chi connectivity index (χ3n) is 6.12. The molecule has 0 bridgehead atoms. The fourth-order valence-electron chi connectivity index (χ4n) is 4.23. The molecule has 0 saturated heterocycles. The van der Waals surface area contributed by atoms with E-state index in [9.17, 15) is 14.4 Å². The molecule has 0 radical (unpaired) electrons. The molecule has 8 nitrogen and oxygen atoms in total. The second kappa shape index (κ2) is 11.7. The van der Waals surface area contributed by atoms with Crippen molar-refractivity contribution >= 4 is 18.0 Å². The maximum Gasteiger partial charge on any atom is 0.407 e. The van der Waals surface area contributed by atoms with E-state index in [-0.39, 0.29) is 37.8 Å². The molecule has 0 heterocycles. The van der Waals surface area contributed by atoms with Crippen LogP contribution >= 0.6 is 0 Å². The van der Waals surface area contributed by atoms with Crippen LogP contribution in [0.15, 0.2) is 48.5 Å². The standard InChI is InChI=1S/C26H32N2O6/c1-16(2)22(14-24(29)30)28-25(31)23(33-3)12-13-27-26(32)34-15-21-19-10-6-4-8-17(19)18-9-5-7-11-20(18)21/h4-11,16,21-23H,12-15H2,1-3H3,(H,27,32)(H,28,31)(H,29,30)/t22-,23?/m1/s1. The van der Waals surface area contributed by atoms with Gasteiger partial charge >= 0.3 is 12.1 Å². The minimum absolute atomic E-state index is 0.0298. The summed E-state index contributed by atoms with van der Waals surface area (Å²) < 4.78 is 10.7. The Morgan fingerprint density at radius 2 is 1.59 bits per heavy atom. The van der Waals surface area contributed by atoms with Crippen LogP contribution in [0.25, 0.3) is 11.1 Å². The normalized spacial score (nSPS) is 14.1. The number of aliphatic carboxylic acids is 1. The first-order chi connectivity index (χ1) is 16.3. The number of benzene rings is 2. The van der Waals surface area contributed by atoms with Crippen LogP contribution in [0.3, 0.4) is 0 Å². The van der Waals surface area contributed by atoms with Crippen LogP contribution in [0.2, 0.25) is 0 Å². The van der Waals surface area contributed by atoms with E-state index in [2.05, 4.69) is 34.9 Å². The van der Waals surface area contributed by atoms with E-state index in [1.165, 1.54) is 7.11 Å². The highest BCUT2D eigenvalue weighted by atomic mass is 16.5. The van der Waals surface area contributed by atoms with Gasteiger partial charge in [0.15, 0.2) is 0 Å². The van der Waals surface area contributed by atoms with E-state index in [1.807, 2.05) is 38.1 Å². The number of carboxylic acid groups (broad SMARTS) is 1. The number of alkyl carbamates (subject to hydrolysis) is 1. The lowest BCUT2D eigenvalue weighted by atomic mass is 9.98. The van der Waals surface area contributed by atoms with Crippen LogP contribution in [-0.4, -0.2) is 55.5 Å². The molecule has 1 aliphatic carbocycles. The Morgan fingerprint density at radius 3 is 2.12 bits per heavy atom. The fourth-order valence-corrected chi connectivity index (χ4v) is 4.23. The second-order valence-electron chi connectivity index (χ2n) is 8.72. The molecule has 2 amide bonds. The summed E-state index contributed by atoms with van der Waals surface area (Å²) in [5.74, 6) is -1.46. The molecule has 182 valence electrons. The summed E-state index contributed by atoms with van der Waals surface area (Å²) in [6.07, 6.45) is -1.32. The monoisotopic (exact) mass is 468 g/mol. The van der Waals surface area contributed by atoms with Gasteiger partial charge in [-0.3, -0.25) is 9.59 Å². The zero-order valence-corrected chi connectivity index (χ0v) is 19.7. The Kier molecular flexibility index (Phi) is 8.65. The number of hydrogen-bond donors (Lipinski definition) is 3. The molecule has 1 aliphatic rings. The van der Waals surface area contributed by atoms with Crippen molar-refractivity contribution in [2.45, 2.75) is 44.8 Å². The first-order valence-electron chi connectivity index (χ1n) is 11.5. The van der Waals surface area contributed by atoms with Crippen molar-refractivity contribution in [3.8, 4) is 11.1 Å². The lowest BCUT2D eigenvalue weighted by Gasteiger charge is -2.23. The van der Waals surface area contributed by atoms with Gasteiger partial charge in [0.1, 0.15) is 12.7 Å². The van der Waals surface area contributed by atoms with E-state index in [0.29, 0.717) is 0 Å². The number of carbonyl (C=O) groups is 3. The molecule has 3 N–H and O–H groups in total. The quantitative estimate of drug-likeness (QED) is 0.465. The van der Waals surface area contributed by atoms with Gasteiger partial charge in [-0.15, -0.1) is 0 Å². The number of ether oxygens (including phenoxy) is 2. The van der Waals surface area contributed by atoms with Crippen LogP contribution in [0.5, 0.6) is 0 Å². The minimum Gasteiger partial charge on any atom is -0.481 e. The Bertz CT molecular complexity index is 976. The van der Waals surface area contributed by atoms with Gasteiger partial charge < -0.3 is 25.2 Å². The Morgan fingerprint density at radius 1 is 1.00 bits per heavy atom. The maximum absolute atomic E-state index is 12.5. The predicted molar refractivity (Wildman–Crippen MR) is 128 cm³/mol. The van der Waals surface area contributed by atoms with E-state index < -0.39 is 30.1 Å². The maximum atomic E-state index is 12.5. The van der Waals surface area contributed by atoms with Crippen LogP contribution in [0.4, 0.5) is 4.79 Å². The smallest absolute Gasteiger partial charge is 0.407 e. The van der Waals surface area contributed by atoms with Crippen LogP contribution in [0, 0.1) is 5.92 Å². The van der Waals surface area contributed by atoms with Gasteiger partial charge in [0.25, 0.3) is 0 Å². The van der Waals surface area contributed by atoms with Crippen LogP contribution in [-0.2, 0) is 19.1 Å².